The maximum Gasteiger partial charge on any atom is 0.242 e. The maximum atomic E-state index is 13.4. The van der Waals surface area contributed by atoms with Gasteiger partial charge in [-0.3, -0.25) is 9.59 Å². The first-order valence-electron chi connectivity index (χ1n) is 10.5. The van der Waals surface area contributed by atoms with Crippen LogP contribution in [0.2, 0.25) is 10.0 Å². The van der Waals surface area contributed by atoms with E-state index in [-0.39, 0.29) is 24.8 Å². The molecule has 5 nitrogen and oxygen atoms in total. The number of rotatable bonds is 11. The van der Waals surface area contributed by atoms with E-state index in [1.54, 1.807) is 30.2 Å². The Bertz CT molecular complexity index is 869. The molecular formula is C24H30Cl2N2O3. The van der Waals surface area contributed by atoms with Gasteiger partial charge in [0.2, 0.25) is 11.8 Å². The van der Waals surface area contributed by atoms with Crippen LogP contribution in [0, 0.1) is 0 Å². The summed E-state index contributed by atoms with van der Waals surface area (Å²) in [5.41, 5.74) is 1.44. The number of hydrogen-bond donors (Lipinski definition) is 1. The van der Waals surface area contributed by atoms with Crippen molar-refractivity contribution in [2.45, 2.75) is 52.1 Å². The number of carbonyl (C=O) groups is 2. The Balaban J connectivity index is 2.32. The number of nitrogens with one attached hydrogen (secondary N) is 1. The molecule has 0 bridgehead atoms. The lowest BCUT2D eigenvalue weighted by Crippen LogP contribution is -2.49. The Kier molecular flexibility index (Phi) is 10.2. The number of ether oxygens (including phenoxy) is 1. The van der Waals surface area contributed by atoms with E-state index >= 15 is 0 Å². The lowest BCUT2D eigenvalue weighted by Gasteiger charge is -2.31. The molecule has 2 amide bonds. The van der Waals surface area contributed by atoms with E-state index in [2.05, 4.69) is 12.2 Å². The third kappa shape index (κ3) is 7.15. The fraction of sp³-hybridized carbons (Fsp3) is 0.417. The topological polar surface area (TPSA) is 58.6 Å². The largest absolute Gasteiger partial charge is 0.497 e. The van der Waals surface area contributed by atoms with E-state index < -0.39 is 6.04 Å². The van der Waals surface area contributed by atoms with Crippen LogP contribution >= 0.6 is 23.2 Å². The normalized spacial score (nSPS) is 11.6. The van der Waals surface area contributed by atoms with Crippen molar-refractivity contribution in [3.05, 3.63) is 63.6 Å². The minimum atomic E-state index is -0.600. The number of hydrogen-bond acceptors (Lipinski definition) is 3. The Morgan fingerprint density at radius 2 is 1.77 bits per heavy atom. The monoisotopic (exact) mass is 464 g/mol. The first-order chi connectivity index (χ1) is 14.9. The van der Waals surface area contributed by atoms with E-state index in [0.29, 0.717) is 34.3 Å². The van der Waals surface area contributed by atoms with Crippen molar-refractivity contribution in [3.63, 3.8) is 0 Å². The van der Waals surface area contributed by atoms with Crippen molar-refractivity contribution in [1.82, 2.24) is 10.2 Å². The molecule has 0 aliphatic heterocycles. The number of nitrogens with zero attached hydrogens (tertiary/aromatic N) is 1. The summed E-state index contributed by atoms with van der Waals surface area (Å²) < 4.78 is 5.31. The molecule has 31 heavy (non-hydrogen) atoms. The smallest absolute Gasteiger partial charge is 0.242 e. The number of benzene rings is 2. The highest BCUT2D eigenvalue weighted by Crippen LogP contribution is 2.26. The van der Waals surface area contributed by atoms with Gasteiger partial charge in [-0.2, -0.15) is 0 Å². The van der Waals surface area contributed by atoms with E-state index in [9.17, 15) is 9.59 Å². The van der Waals surface area contributed by atoms with Crippen LogP contribution in [-0.4, -0.2) is 36.4 Å². The van der Waals surface area contributed by atoms with Crippen molar-refractivity contribution < 1.29 is 14.3 Å². The second-order valence-electron chi connectivity index (χ2n) is 7.32. The molecule has 1 N–H and O–H groups in total. The summed E-state index contributed by atoms with van der Waals surface area (Å²) in [6.45, 7) is 4.83. The third-order valence-corrected chi connectivity index (χ3v) is 5.80. The molecule has 7 heteroatoms. The fourth-order valence-electron chi connectivity index (χ4n) is 3.35. The minimum Gasteiger partial charge on any atom is -0.497 e. The second-order valence-corrected chi connectivity index (χ2v) is 8.13. The highest BCUT2D eigenvalue weighted by molar-refractivity contribution is 6.36. The summed E-state index contributed by atoms with van der Waals surface area (Å²) in [5.74, 6) is 0.326. The standard InChI is InChI=1S/C24H30Cl2N2O3/c1-4-6-13-27-24(30)22(5-2)28(16-17-9-7-10-18(14-17)31-3)23(29)15-19-20(25)11-8-12-21(19)26/h7-12,14,22H,4-6,13,15-16H2,1-3H3,(H,27,30). The van der Waals surface area contributed by atoms with E-state index in [0.717, 1.165) is 18.4 Å². The van der Waals surface area contributed by atoms with Gasteiger partial charge in [0.25, 0.3) is 0 Å². The van der Waals surface area contributed by atoms with Crippen molar-refractivity contribution in [3.8, 4) is 5.75 Å². The van der Waals surface area contributed by atoms with Crippen LogP contribution in [0.25, 0.3) is 0 Å². The zero-order chi connectivity index (χ0) is 22.8. The molecule has 0 radical (unpaired) electrons. The van der Waals surface area contributed by atoms with Crippen molar-refractivity contribution in [2.24, 2.45) is 0 Å². The summed E-state index contributed by atoms with van der Waals surface area (Å²) >= 11 is 12.6. The molecule has 0 saturated carbocycles. The van der Waals surface area contributed by atoms with Crippen molar-refractivity contribution in [1.29, 1.82) is 0 Å². The van der Waals surface area contributed by atoms with Gasteiger partial charge >= 0.3 is 0 Å². The number of carbonyl (C=O) groups excluding carboxylic acids is 2. The average Bonchev–Trinajstić information content (AvgIpc) is 2.76. The van der Waals surface area contributed by atoms with Crippen molar-refractivity contribution in [2.75, 3.05) is 13.7 Å². The zero-order valence-corrected chi connectivity index (χ0v) is 19.8. The Morgan fingerprint density at radius 1 is 1.10 bits per heavy atom. The van der Waals surface area contributed by atoms with Crippen LogP contribution < -0.4 is 10.1 Å². The molecule has 2 aromatic carbocycles. The van der Waals surface area contributed by atoms with Gasteiger partial charge in [-0.1, -0.05) is 61.7 Å². The molecule has 0 aliphatic carbocycles. The molecule has 0 saturated heterocycles. The first-order valence-corrected chi connectivity index (χ1v) is 11.3. The Morgan fingerprint density at radius 3 is 2.39 bits per heavy atom. The molecule has 0 fully saturated rings. The van der Waals surface area contributed by atoms with Gasteiger partial charge in [-0.25, -0.2) is 0 Å². The second kappa shape index (κ2) is 12.6. The van der Waals surface area contributed by atoms with Gasteiger partial charge in [-0.05, 0) is 48.2 Å². The zero-order valence-electron chi connectivity index (χ0n) is 18.3. The quantitative estimate of drug-likeness (QED) is 0.460. The van der Waals surface area contributed by atoms with Crippen LogP contribution in [0.5, 0.6) is 5.75 Å². The van der Waals surface area contributed by atoms with Crippen LogP contribution in [0.1, 0.15) is 44.2 Å². The molecule has 168 valence electrons. The molecular weight excluding hydrogens is 435 g/mol. The number of unbranched alkanes of at least 4 members (excludes halogenated alkanes) is 1. The molecule has 1 unspecified atom stereocenters. The highest BCUT2D eigenvalue weighted by atomic mass is 35.5. The van der Waals surface area contributed by atoms with Crippen molar-refractivity contribution >= 4 is 35.0 Å². The predicted molar refractivity (Wildman–Crippen MR) is 126 cm³/mol. The van der Waals surface area contributed by atoms with Gasteiger partial charge in [-0.15, -0.1) is 0 Å². The van der Waals surface area contributed by atoms with E-state index in [4.69, 9.17) is 27.9 Å². The van der Waals surface area contributed by atoms with Crippen LogP contribution in [0.15, 0.2) is 42.5 Å². The molecule has 0 heterocycles. The average molecular weight is 465 g/mol. The van der Waals surface area contributed by atoms with Crippen LogP contribution in [0.3, 0.4) is 0 Å². The fourth-order valence-corrected chi connectivity index (χ4v) is 3.88. The van der Waals surface area contributed by atoms with Crippen LogP contribution in [-0.2, 0) is 22.6 Å². The van der Waals surface area contributed by atoms with Gasteiger partial charge in [0.15, 0.2) is 0 Å². The molecule has 0 aliphatic rings. The van der Waals surface area contributed by atoms with E-state index in [1.165, 1.54) is 0 Å². The number of halogens is 2. The highest BCUT2D eigenvalue weighted by Gasteiger charge is 2.29. The number of methoxy groups -OCH3 is 1. The SMILES string of the molecule is CCCCNC(=O)C(CC)N(Cc1cccc(OC)c1)C(=O)Cc1c(Cl)cccc1Cl. The van der Waals surface area contributed by atoms with Crippen LogP contribution in [0.4, 0.5) is 0 Å². The molecule has 0 aromatic heterocycles. The molecule has 2 aromatic rings. The predicted octanol–water partition coefficient (Wildman–Crippen LogP) is 5.27. The Labute approximate surface area is 194 Å². The maximum absolute atomic E-state index is 13.4. The summed E-state index contributed by atoms with van der Waals surface area (Å²) in [6, 6.07) is 12.0. The summed E-state index contributed by atoms with van der Waals surface area (Å²) in [4.78, 5) is 27.9. The first kappa shape index (κ1) is 25.0. The van der Waals surface area contributed by atoms with Gasteiger partial charge in [0.05, 0.1) is 13.5 Å². The van der Waals surface area contributed by atoms with Gasteiger partial charge in [0, 0.05) is 23.1 Å². The molecule has 2 rings (SSSR count). The summed E-state index contributed by atoms with van der Waals surface area (Å²) in [5, 5.41) is 3.82. The molecule has 1 atom stereocenters. The van der Waals surface area contributed by atoms with Gasteiger partial charge in [0.1, 0.15) is 11.8 Å². The number of amides is 2. The summed E-state index contributed by atoms with van der Waals surface area (Å²) in [6.07, 6.45) is 2.38. The summed E-state index contributed by atoms with van der Waals surface area (Å²) in [7, 11) is 1.59. The molecule has 0 spiro atoms. The lowest BCUT2D eigenvalue weighted by molar-refractivity contribution is -0.140. The minimum absolute atomic E-state index is 0.0151. The van der Waals surface area contributed by atoms with Gasteiger partial charge < -0.3 is 15.0 Å². The third-order valence-electron chi connectivity index (χ3n) is 5.09. The lowest BCUT2D eigenvalue weighted by atomic mass is 10.1. The van der Waals surface area contributed by atoms with E-state index in [1.807, 2.05) is 31.2 Å². The Hall–Kier alpha value is -2.24.